The molecule has 1 aliphatic heterocycles. The summed E-state index contributed by atoms with van der Waals surface area (Å²) in [4.78, 5) is 11.1. The van der Waals surface area contributed by atoms with Gasteiger partial charge in [0, 0.05) is 36.7 Å². The molecule has 110 valence electrons. The summed E-state index contributed by atoms with van der Waals surface area (Å²) in [6.45, 7) is 3.45. The smallest absolute Gasteiger partial charge is 0.0892 e. The molecule has 2 heterocycles. The van der Waals surface area contributed by atoms with Crippen LogP contribution in [0.15, 0.2) is 54.9 Å². The fourth-order valence-corrected chi connectivity index (χ4v) is 2.93. The van der Waals surface area contributed by atoms with Crippen LogP contribution in [0.4, 0.5) is 5.69 Å². The first-order valence-corrected chi connectivity index (χ1v) is 7.55. The predicted octanol–water partition coefficient (Wildman–Crippen LogP) is 3.13. The largest absolute Gasteiger partial charge is 0.378 e. The highest BCUT2D eigenvalue weighted by molar-refractivity contribution is 5.86. The van der Waals surface area contributed by atoms with Crippen molar-refractivity contribution in [2.45, 2.75) is 0 Å². The minimum atomic E-state index is 0.789. The molecule has 0 radical (unpaired) electrons. The highest BCUT2D eigenvalue weighted by Crippen LogP contribution is 2.32. The standard InChI is InChI=1S/C18H17N3O/c1-2-4-18(21-9-11-22-12-10-21)15(3-1)14-5-6-16-17(13-14)20-8-7-19-16/h1-8,13H,9-12H2. The number of benzene rings is 2. The van der Waals surface area contributed by atoms with E-state index in [4.69, 9.17) is 4.74 Å². The lowest BCUT2D eigenvalue weighted by atomic mass is 10.0. The van der Waals surface area contributed by atoms with Gasteiger partial charge in [-0.05, 0) is 23.8 Å². The molecule has 0 N–H and O–H groups in total. The average molecular weight is 291 g/mol. The van der Waals surface area contributed by atoms with E-state index in [2.05, 4.69) is 51.3 Å². The van der Waals surface area contributed by atoms with Crippen LogP contribution in [0.2, 0.25) is 0 Å². The van der Waals surface area contributed by atoms with Crippen LogP contribution in [0.25, 0.3) is 22.2 Å². The van der Waals surface area contributed by atoms with E-state index in [1.807, 2.05) is 6.07 Å². The average Bonchev–Trinajstić information content (AvgIpc) is 2.62. The van der Waals surface area contributed by atoms with Crippen LogP contribution in [0, 0.1) is 0 Å². The van der Waals surface area contributed by atoms with Crippen molar-refractivity contribution in [3.05, 3.63) is 54.9 Å². The number of para-hydroxylation sites is 1. The van der Waals surface area contributed by atoms with Crippen molar-refractivity contribution >= 4 is 16.7 Å². The van der Waals surface area contributed by atoms with Crippen LogP contribution < -0.4 is 4.90 Å². The zero-order chi connectivity index (χ0) is 14.8. The highest BCUT2D eigenvalue weighted by atomic mass is 16.5. The molecule has 0 unspecified atom stereocenters. The maximum Gasteiger partial charge on any atom is 0.0892 e. The fraction of sp³-hybridized carbons (Fsp3) is 0.222. The Hall–Kier alpha value is -2.46. The molecule has 1 aliphatic rings. The van der Waals surface area contributed by atoms with Crippen LogP contribution in [0.1, 0.15) is 0 Å². The number of fused-ring (bicyclic) bond motifs is 1. The molecular formula is C18H17N3O. The molecule has 1 aromatic heterocycles. The van der Waals surface area contributed by atoms with E-state index in [0.29, 0.717) is 0 Å². The maximum atomic E-state index is 5.46. The minimum Gasteiger partial charge on any atom is -0.378 e. The summed E-state index contributed by atoms with van der Waals surface area (Å²) < 4.78 is 5.46. The Morgan fingerprint density at radius 2 is 1.64 bits per heavy atom. The molecule has 3 aromatic rings. The van der Waals surface area contributed by atoms with E-state index in [9.17, 15) is 0 Å². The van der Waals surface area contributed by atoms with Crippen molar-refractivity contribution in [1.82, 2.24) is 9.97 Å². The first kappa shape index (κ1) is 13.2. The lowest BCUT2D eigenvalue weighted by molar-refractivity contribution is 0.123. The Bertz CT molecular complexity index is 797. The second kappa shape index (κ2) is 5.73. The van der Waals surface area contributed by atoms with Crippen molar-refractivity contribution < 1.29 is 4.74 Å². The van der Waals surface area contributed by atoms with Gasteiger partial charge in [-0.25, -0.2) is 0 Å². The van der Waals surface area contributed by atoms with E-state index >= 15 is 0 Å². The van der Waals surface area contributed by atoms with Crippen LogP contribution in [0.5, 0.6) is 0 Å². The molecule has 0 saturated carbocycles. The second-order valence-electron chi connectivity index (χ2n) is 5.38. The third kappa shape index (κ3) is 2.42. The molecule has 0 aliphatic carbocycles. The second-order valence-corrected chi connectivity index (χ2v) is 5.38. The Balaban J connectivity index is 1.80. The summed E-state index contributed by atoms with van der Waals surface area (Å²) >= 11 is 0. The van der Waals surface area contributed by atoms with Crippen LogP contribution in [-0.2, 0) is 4.74 Å². The predicted molar refractivity (Wildman–Crippen MR) is 88.0 cm³/mol. The number of ether oxygens (including phenoxy) is 1. The monoisotopic (exact) mass is 291 g/mol. The van der Waals surface area contributed by atoms with Gasteiger partial charge >= 0.3 is 0 Å². The normalized spacial score (nSPS) is 15.2. The minimum absolute atomic E-state index is 0.789. The van der Waals surface area contributed by atoms with Gasteiger partial charge in [-0.1, -0.05) is 24.3 Å². The van der Waals surface area contributed by atoms with Gasteiger partial charge in [-0.15, -0.1) is 0 Å². The van der Waals surface area contributed by atoms with Crippen LogP contribution >= 0.6 is 0 Å². The molecule has 1 fully saturated rings. The van der Waals surface area contributed by atoms with E-state index in [0.717, 1.165) is 37.3 Å². The van der Waals surface area contributed by atoms with Gasteiger partial charge in [0.25, 0.3) is 0 Å². The van der Waals surface area contributed by atoms with E-state index in [-0.39, 0.29) is 0 Å². The molecule has 2 aromatic carbocycles. The van der Waals surface area contributed by atoms with Gasteiger partial charge in [0.2, 0.25) is 0 Å². The number of aromatic nitrogens is 2. The molecule has 22 heavy (non-hydrogen) atoms. The maximum absolute atomic E-state index is 5.46. The molecule has 0 bridgehead atoms. The zero-order valence-electron chi connectivity index (χ0n) is 12.3. The Morgan fingerprint density at radius 1 is 0.864 bits per heavy atom. The summed E-state index contributed by atoms with van der Waals surface area (Å²) in [6, 6.07) is 14.8. The van der Waals surface area contributed by atoms with E-state index in [1.54, 1.807) is 12.4 Å². The van der Waals surface area contributed by atoms with Gasteiger partial charge in [0.15, 0.2) is 0 Å². The Morgan fingerprint density at radius 3 is 2.50 bits per heavy atom. The van der Waals surface area contributed by atoms with Gasteiger partial charge < -0.3 is 9.64 Å². The van der Waals surface area contributed by atoms with Gasteiger partial charge in [0.1, 0.15) is 0 Å². The number of hydrogen-bond acceptors (Lipinski definition) is 4. The number of anilines is 1. The molecule has 4 rings (SSSR count). The third-order valence-corrected chi connectivity index (χ3v) is 4.04. The van der Waals surface area contributed by atoms with Crippen LogP contribution in [-0.4, -0.2) is 36.3 Å². The first-order chi connectivity index (χ1) is 10.9. The van der Waals surface area contributed by atoms with Gasteiger partial charge in [-0.2, -0.15) is 0 Å². The van der Waals surface area contributed by atoms with Gasteiger partial charge in [-0.3, -0.25) is 9.97 Å². The molecule has 4 heteroatoms. The van der Waals surface area contributed by atoms with Gasteiger partial charge in [0.05, 0.1) is 24.2 Å². The SMILES string of the molecule is c1ccc(N2CCOCC2)c(-c2ccc3nccnc3c2)c1. The summed E-state index contributed by atoms with van der Waals surface area (Å²) in [5.74, 6) is 0. The van der Waals surface area contributed by atoms with Crippen molar-refractivity contribution in [1.29, 1.82) is 0 Å². The van der Waals surface area contributed by atoms with Crippen molar-refractivity contribution in [2.75, 3.05) is 31.2 Å². The fourth-order valence-electron chi connectivity index (χ4n) is 2.93. The lowest BCUT2D eigenvalue weighted by Gasteiger charge is -2.30. The van der Waals surface area contributed by atoms with Crippen molar-refractivity contribution in [2.24, 2.45) is 0 Å². The number of rotatable bonds is 2. The summed E-state index contributed by atoms with van der Waals surface area (Å²) in [5.41, 5.74) is 5.52. The van der Waals surface area contributed by atoms with E-state index in [1.165, 1.54) is 16.8 Å². The molecule has 1 saturated heterocycles. The molecule has 0 spiro atoms. The summed E-state index contributed by atoms with van der Waals surface area (Å²) in [5, 5.41) is 0. The molecular weight excluding hydrogens is 274 g/mol. The molecule has 4 nitrogen and oxygen atoms in total. The first-order valence-electron chi connectivity index (χ1n) is 7.55. The number of morpholine rings is 1. The Labute approximate surface area is 129 Å². The molecule has 0 atom stereocenters. The van der Waals surface area contributed by atoms with Crippen LogP contribution in [0.3, 0.4) is 0 Å². The zero-order valence-corrected chi connectivity index (χ0v) is 12.3. The van der Waals surface area contributed by atoms with E-state index < -0.39 is 0 Å². The summed E-state index contributed by atoms with van der Waals surface area (Å²) in [7, 11) is 0. The molecule has 0 amide bonds. The number of hydrogen-bond donors (Lipinski definition) is 0. The quantitative estimate of drug-likeness (QED) is 0.727. The topological polar surface area (TPSA) is 38.2 Å². The third-order valence-electron chi connectivity index (χ3n) is 4.04. The summed E-state index contributed by atoms with van der Waals surface area (Å²) in [6.07, 6.45) is 3.46. The number of nitrogens with zero attached hydrogens (tertiary/aromatic N) is 3. The lowest BCUT2D eigenvalue weighted by Crippen LogP contribution is -2.36. The van der Waals surface area contributed by atoms with Crippen molar-refractivity contribution in [3.8, 4) is 11.1 Å². The Kier molecular flexibility index (Phi) is 3.45. The highest BCUT2D eigenvalue weighted by Gasteiger charge is 2.15. The van der Waals surface area contributed by atoms with Crippen molar-refractivity contribution in [3.63, 3.8) is 0 Å².